The number of nitrogens with one attached hydrogen (secondary N) is 1. The van der Waals surface area contributed by atoms with Gasteiger partial charge in [0.25, 0.3) is 0 Å². The van der Waals surface area contributed by atoms with E-state index in [1.54, 1.807) is 0 Å². The first-order chi connectivity index (χ1) is 38.9. The van der Waals surface area contributed by atoms with Crippen molar-refractivity contribution in [2.45, 2.75) is 348 Å². The van der Waals surface area contributed by atoms with Crippen molar-refractivity contribution in [3.05, 3.63) is 48.6 Å². The maximum Gasteiger partial charge on any atom is 0.472 e. The first kappa shape index (κ1) is 78.0. The molecule has 0 aromatic carbocycles. The highest BCUT2D eigenvalue weighted by molar-refractivity contribution is 7.47. The number of quaternary nitrogens is 1. The highest BCUT2D eigenvalue weighted by atomic mass is 31.2. The molecular formula is C70H134N2O7P+. The zero-order chi connectivity index (χ0) is 58.6. The van der Waals surface area contributed by atoms with Crippen LogP contribution in [0.1, 0.15) is 335 Å². The number of carbonyl (C=O) groups is 2. The number of phosphoric acid groups is 1. The number of allylic oxidation sites excluding steroid dienone is 7. The van der Waals surface area contributed by atoms with E-state index in [9.17, 15) is 19.0 Å². The zero-order valence-corrected chi connectivity index (χ0v) is 54.7. The molecule has 2 N–H and O–H groups in total. The third-order valence-corrected chi connectivity index (χ3v) is 16.5. The average molecular weight is 1150 g/mol. The maximum atomic E-state index is 13.6. The SMILES string of the molecule is CCCCC/C=C\C/C=C\CCCCCCCCCCCCCCCCCC(=O)OC(/C=C\CCCCCCCCCCCCC)C(COP(=O)(O)OCC[N+](C)(C)C)NC(=O)CCCCCCC/C=C/CCCCCCCCC. The second kappa shape index (κ2) is 60.1. The van der Waals surface area contributed by atoms with Crippen molar-refractivity contribution in [1.29, 1.82) is 0 Å². The normalized spacial score (nSPS) is 13.8. The molecule has 0 aromatic heterocycles. The van der Waals surface area contributed by atoms with Gasteiger partial charge in [0.15, 0.2) is 0 Å². The largest absolute Gasteiger partial charge is 0.472 e. The van der Waals surface area contributed by atoms with Crippen molar-refractivity contribution >= 4 is 19.7 Å². The summed E-state index contributed by atoms with van der Waals surface area (Å²) in [6.45, 7) is 7.02. The number of phosphoric ester groups is 1. The monoisotopic (exact) mass is 1150 g/mol. The lowest BCUT2D eigenvalue weighted by Gasteiger charge is -2.27. The highest BCUT2D eigenvalue weighted by Gasteiger charge is 2.30. The molecule has 9 nitrogen and oxygen atoms in total. The minimum absolute atomic E-state index is 0.0400. The van der Waals surface area contributed by atoms with Gasteiger partial charge in [0.1, 0.15) is 19.3 Å². The number of unbranched alkanes of at least 4 members (excludes halogenated alkanes) is 41. The van der Waals surface area contributed by atoms with E-state index in [1.807, 2.05) is 33.3 Å². The lowest BCUT2D eigenvalue weighted by molar-refractivity contribution is -0.870. The van der Waals surface area contributed by atoms with E-state index < -0.39 is 20.0 Å². The molecule has 0 saturated heterocycles. The van der Waals surface area contributed by atoms with Crippen molar-refractivity contribution in [3.63, 3.8) is 0 Å². The highest BCUT2D eigenvalue weighted by Crippen LogP contribution is 2.43. The van der Waals surface area contributed by atoms with Crippen LogP contribution < -0.4 is 5.32 Å². The number of likely N-dealkylation sites (N-methyl/N-ethyl adjacent to an activating group) is 1. The van der Waals surface area contributed by atoms with E-state index >= 15 is 0 Å². The van der Waals surface area contributed by atoms with Crippen LogP contribution in [0.25, 0.3) is 0 Å². The van der Waals surface area contributed by atoms with Crippen LogP contribution in [0.3, 0.4) is 0 Å². The van der Waals surface area contributed by atoms with E-state index in [0.717, 1.165) is 83.5 Å². The lowest BCUT2D eigenvalue weighted by Crippen LogP contribution is -2.47. The van der Waals surface area contributed by atoms with Crippen molar-refractivity contribution in [2.75, 3.05) is 40.9 Å². The van der Waals surface area contributed by atoms with Crippen molar-refractivity contribution < 1.29 is 37.3 Å². The number of rotatable bonds is 63. The van der Waals surface area contributed by atoms with E-state index in [1.165, 1.54) is 218 Å². The Labute approximate surface area is 497 Å². The summed E-state index contributed by atoms with van der Waals surface area (Å²) >= 11 is 0. The van der Waals surface area contributed by atoms with Gasteiger partial charge in [-0.15, -0.1) is 0 Å². The summed E-state index contributed by atoms with van der Waals surface area (Å²) in [7, 11) is 1.50. The van der Waals surface area contributed by atoms with Gasteiger partial charge in [0.05, 0.1) is 33.8 Å². The minimum Gasteiger partial charge on any atom is -0.456 e. The number of nitrogens with zero attached hydrogens (tertiary/aromatic N) is 1. The number of esters is 1. The fourth-order valence-corrected chi connectivity index (χ4v) is 10.9. The molecular weight excluding hydrogens is 1010 g/mol. The van der Waals surface area contributed by atoms with E-state index in [4.69, 9.17) is 13.8 Å². The molecule has 0 heterocycles. The summed E-state index contributed by atoms with van der Waals surface area (Å²) in [6.07, 6.45) is 75.4. The summed E-state index contributed by atoms with van der Waals surface area (Å²) in [5.74, 6) is -0.501. The van der Waals surface area contributed by atoms with Crippen molar-refractivity contribution in [2.24, 2.45) is 0 Å². The van der Waals surface area contributed by atoms with Crippen LogP contribution >= 0.6 is 7.82 Å². The Balaban J connectivity index is 5.09. The van der Waals surface area contributed by atoms with Crippen LogP contribution in [-0.2, 0) is 27.9 Å². The summed E-state index contributed by atoms with van der Waals surface area (Å²) in [6, 6.07) is -0.851. The molecule has 10 heteroatoms. The molecule has 0 rings (SSSR count). The van der Waals surface area contributed by atoms with Crippen molar-refractivity contribution in [1.82, 2.24) is 5.32 Å². The number of hydrogen-bond donors (Lipinski definition) is 2. The summed E-state index contributed by atoms with van der Waals surface area (Å²) in [5, 5.41) is 3.06. The third-order valence-electron chi connectivity index (χ3n) is 15.5. The minimum atomic E-state index is -4.45. The Morgan fingerprint density at radius 3 is 1.16 bits per heavy atom. The Hall–Kier alpha value is -2.03. The van der Waals surface area contributed by atoms with Gasteiger partial charge in [0, 0.05) is 12.8 Å². The first-order valence-electron chi connectivity index (χ1n) is 34.5. The molecule has 0 aromatic rings. The molecule has 0 bridgehead atoms. The molecule has 1 amide bonds. The van der Waals surface area contributed by atoms with Gasteiger partial charge in [-0.25, -0.2) is 4.57 Å². The number of amides is 1. The molecule has 0 fully saturated rings. The topological polar surface area (TPSA) is 111 Å². The van der Waals surface area contributed by atoms with Crippen LogP contribution in [0.15, 0.2) is 48.6 Å². The molecule has 0 aliphatic carbocycles. The van der Waals surface area contributed by atoms with E-state index in [0.29, 0.717) is 23.9 Å². The van der Waals surface area contributed by atoms with Gasteiger partial charge in [-0.1, -0.05) is 282 Å². The Kier molecular flexibility index (Phi) is 58.6. The van der Waals surface area contributed by atoms with Crippen LogP contribution in [0.5, 0.6) is 0 Å². The predicted molar refractivity (Wildman–Crippen MR) is 346 cm³/mol. The zero-order valence-electron chi connectivity index (χ0n) is 53.8. The van der Waals surface area contributed by atoms with Gasteiger partial charge >= 0.3 is 13.8 Å². The van der Waals surface area contributed by atoms with Crippen LogP contribution in [0.2, 0.25) is 0 Å². The molecule has 0 aliphatic heterocycles. The summed E-state index contributed by atoms with van der Waals surface area (Å²) in [5.41, 5.74) is 0. The summed E-state index contributed by atoms with van der Waals surface area (Å²) < 4.78 is 30.8. The smallest absolute Gasteiger partial charge is 0.456 e. The Bertz CT molecular complexity index is 1510. The average Bonchev–Trinajstić information content (AvgIpc) is 3.42. The fourth-order valence-electron chi connectivity index (χ4n) is 10.1. The predicted octanol–water partition coefficient (Wildman–Crippen LogP) is 21.6. The van der Waals surface area contributed by atoms with Crippen molar-refractivity contribution in [3.8, 4) is 0 Å². The van der Waals surface area contributed by atoms with E-state index in [2.05, 4.69) is 62.5 Å². The Morgan fingerprint density at radius 1 is 0.438 bits per heavy atom. The van der Waals surface area contributed by atoms with Gasteiger partial charge in [-0.05, 0) is 89.5 Å². The third kappa shape index (κ3) is 60.6. The van der Waals surface area contributed by atoms with Gasteiger partial charge in [0.2, 0.25) is 5.91 Å². The maximum absolute atomic E-state index is 13.6. The molecule has 0 aliphatic rings. The second-order valence-electron chi connectivity index (χ2n) is 24.7. The first-order valence-corrected chi connectivity index (χ1v) is 36.0. The van der Waals surface area contributed by atoms with Gasteiger partial charge < -0.3 is 19.4 Å². The second-order valence-corrected chi connectivity index (χ2v) is 26.1. The number of carbonyl (C=O) groups excluding carboxylic acids is 2. The summed E-state index contributed by atoms with van der Waals surface area (Å²) in [4.78, 5) is 37.8. The molecule has 470 valence electrons. The molecule has 0 radical (unpaired) electrons. The van der Waals surface area contributed by atoms with Crippen LogP contribution in [0.4, 0.5) is 0 Å². The van der Waals surface area contributed by atoms with Gasteiger partial charge in [-0.2, -0.15) is 0 Å². The fraction of sp³-hybridized carbons (Fsp3) is 0.857. The van der Waals surface area contributed by atoms with Crippen LogP contribution in [0, 0.1) is 0 Å². The molecule has 0 saturated carbocycles. The molecule has 80 heavy (non-hydrogen) atoms. The quantitative estimate of drug-likeness (QED) is 0.0205. The van der Waals surface area contributed by atoms with Crippen LogP contribution in [-0.4, -0.2) is 74.3 Å². The molecule has 0 spiro atoms. The Morgan fingerprint density at radius 2 is 0.762 bits per heavy atom. The lowest BCUT2D eigenvalue weighted by atomic mass is 10.0. The van der Waals surface area contributed by atoms with E-state index in [-0.39, 0.29) is 25.1 Å². The number of ether oxygens (including phenoxy) is 1. The molecule has 3 unspecified atom stereocenters. The molecule has 3 atom stereocenters. The number of hydrogen-bond acceptors (Lipinski definition) is 6. The standard InChI is InChI=1S/C70H133N2O7P/c1-7-10-13-16-19-22-25-28-30-32-33-34-35-36-37-38-39-40-42-45-48-51-54-57-60-63-70(74)79-68(61-58-55-52-49-46-43-27-24-21-18-15-12-9-3)67(66-78-80(75,76)77-65-64-72(4,5)6)71-69(73)62-59-56-53-50-47-44-41-31-29-26-23-20-17-14-11-8-2/h19,22,28,30-31,41,58,61,67-68H,7-18,20-21,23-27,29,32-40,42-57,59-60,62-66H2,1-6H3,(H-,71,73,75,76)/p+1/b22-19-,30-28-,41-31+,61-58-. The van der Waals surface area contributed by atoms with Gasteiger partial charge in [-0.3, -0.25) is 18.6 Å².